The van der Waals surface area contributed by atoms with E-state index in [-0.39, 0.29) is 6.03 Å². The largest absolute Gasteiger partial charge is 0.497 e. The molecule has 0 bridgehead atoms. The van der Waals surface area contributed by atoms with Gasteiger partial charge >= 0.3 is 6.03 Å². The second-order valence-electron chi connectivity index (χ2n) is 5.73. The van der Waals surface area contributed by atoms with Gasteiger partial charge in [0.1, 0.15) is 5.75 Å². The number of carbonyl (C=O) groups excluding carboxylic acids is 1. The second-order valence-corrected chi connectivity index (χ2v) is 6.63. The summed E-state index contributed by atoms with van der Waals surface area (Å²) in [6, 6.07) is 8.10. The first-order chi connectivity index (χ1) is 11.7. The summed E-state index contributed by atoms with van der Waals surface area (Å²) in [5.41, 5.74) is 1.26. The Kier molecular flexibility index (Phi) is 5.66. The molecule has 0 spiro atoms. The molecular weight excluding hydrogens is 324 g/mol. The first-order valence-electron chi connectivity index (χ1n) is 8.05. The number of thiazole rings is 1. The molecule has 1 fully saturated rings. The van der Waals surface area contributed by atoms with Gasteiger partial charge in [0.05, 0.1) is 7.11 Å². The van der Waals surface area contributed by atoms with Crippen LogP contribution in [0.2, 0.25) is 0 Å². The van der Waals surface area contributed by atoms with E-state index < -0.39 is 0 Å². The van der Waals surface area contributed by atoms with Crippen LogP contribution in [-0.2, 0) is 6.54 Å². The molecule has 2 heterocycles. The maximum atomic E-state index is 12.3. The maximum absolute atomic E-state index is 12.3. The van der Waals surface area contributed by atoms with Gasteiger partial charge < -0.3 is 9.64 Å². The minimum absolute atomic E-state index is 0.0590. The second kappa shape index (κ2) is 8.12. The van der Waals surface area contributed by atoms with Crippen LogP contribution in [0.25, 0.3) is 0 Å². The van der Waals surface area contributed by atoms with Crippen LogP contribution in [0.3, 0.4) is 0 Å². The van der Waals surface area contributed by atoms with E-state index in [2.05, 4.69) is 27.3 Å². The normalized spacial score (nSPS) is 15.8. The van der Waals surface area contributed by atoms with Crippen molar-refractivity contribution in [3.63, 3.8) is 0 Å². The standard InChI is InChI=1S/C17H22N4O2S/c1-23-15-5-3-14(4-6-15)13-20-8-2-9-21(11-10-20)17(22)19-16-18-7-12-24-16/h3-7,12H,2,8-11,13H2,1H3,(H,18,19,22). The fourth-order valence-corrected chi connectivity index (χ4v) is 3.30. The van der Waals surface area contributed by atoms with Gasteiger partial charge in [-0.2, -0.15) is 0 Å². The molecule has 2 aromatic rings. The minimum atomic E-state index is -0.0590. The lowest BCUT2D eigenvalue weighted by molar-refractivity contribution is 0.211. The van der Waals surface area contributed by atoms with E-state index in [4.69, 9.17) is 4.74 Å². The van der Waals surface area contributed by atoms with E-state index in [9.17, 15) is 4.79 Å². The Morgan fingerprint density at radius 1 is 1.25 bits per heavy atom. The van der Waals surface area contributed by atoms with E-state index in [0.717, 1.165) is 44.9 Å². The van der Waals surface area contributed by atoms with Crippen LogP contribution in [0, 0.1) is 0 Å². The highest BCUT2D eigenvalue weighted by Gasteiger charge is 2.19. The Bertz CT molecular complexity index is 645. The summed E-state index contributed by atoms with van der Waals surface area (Å²) in [7, 11) is 1.68. The van der Waals surface area contributed by atoms with E-state index in [1.807, 2.05) is 22.4 Å². The van der Waals surface area contributed by atoms with E-state index in [1.165, 1.54) is 16.9 Å². The molecule has 3 rings (SSSR count). The smallest absolute Gasteiger partial charge is 0.323 e. The highest BCUT2D eigenvalue weighted by molar-refractivity contribution is 7.13. The Labute approximate surface area is 146 Å². The van der Waals surface area contributed by atoms with E-state index in [1.54, 1.807) is 13.3 Å². The molecule has 0 atom stereocenters. The minimum Gasteiger partial charge on any atom is -0.497 e. The van der Waals surface area contributed by atoms with Gasteiger partial charge in [-0.05, 0) is 24.1 Å². The predicted octanol–water partition coefficient (Wildman–Crippen LogP) is 2.89. The molecule has 2 amide bonds. The Morgan fingerprint density at radius 2 is 2.08 bits per heavy atom. The molecule has 1 aliphatic rings. The number of carbonyl (C=O) groups is 1. The number of anilines is 1. The molecule has 1 N–H and O–H groups in total. The number of rotatable bonds is 4. The van der Waals surface area contributed by atoms with Crippen LogP contribution in [0.4, 0.5) is 9.93 Å². The van der Waals surface area contributed by atoms with E-state index in [0.29, 0.717) is 5.13 Å². The number of hydrogen-bond donors (Lipinski definition) is 1. The van der Waals surface area contributed by atoms with Crippen molar-refractivity contribution in [3.8, 4) is 5.75 Å². The summed E-state index contributed by atoms with van der Waals surface area (Å²) in [5.74, 6) is 0.875. The van der Waals surface area contributed by atoms with Gasteiger partial charge in [0, 0.05) is 44.3 Å². The summed E-state index contributed by atoms with van der Waals surface area (Å²) in [6.45, 7) is 4.26. The van der Waals surface area contributed by atoms with Gasteiger partial charge in [-0.15, -0.1) is 11.3 Å². The Morgan fingerprint density at radius 3 is 2.79 bits per heavy atom. The molecular formula is C17H22N4O2S. The number of hydrogen-bond acceptors (Lipinski definition) is 5. The van der Waals surface area contributed by atoms with E-state index >= 15 is 0 Å². The van der Waals surface area contributed by atoms with Crippen molar-refractivity contribution < 1.29 is 9.53 Å². The number of ether oxygens (including phenoxy) is 1. The zero-order chi connectivity index (χ0) is 16.8. The van der Waals surface area contributed by atoms with Crippen LogP contribution < -0.4 is 10.1 Å². The number of urea groups is 1. The lowest BCUT2D eigenvalue weighted by Crippen LogP contribution is -2.38. The van der Waals surface area contributed by atoms with Crippen molar-refractivity contribution in [2.45, 2.75) is 13.0 Å². The van der Waals surface area contributed by atoms with Gasteiger partial charge in [0.2, 0.25) is 0 Å². The molecule has 1 aromatic carbocycles. The average Bonchev–Trinajstić information content (AvgIpc) is 3.00. The lowest BCUT2D eigenvalue weighted by Gasteiger charge is -2.22. The highest BCUT2D eigenvalue weighted by atomic mass is 32.1. The molecule has 128 valence electrons. The molecule has 1 aliphatic heterocycles. The summed E-state index contributed by atoms with van der Waals surface area (Å²) in [4.78, 5) is 20.7. The van der Waals surface area contributed by atoms with Gasteiger partial charge in [-0.25, -0.2) is 9.78 Å². The maximum Gasteiger partial charge on any atom is 0.323 e. The fourth-order valence-electron chi connectivity index (χ4n) is 2.78. The van der Waals surface area contributed by atoms with Crippen molar-refractivity contribution in [1.29, 1.82) is 0 Å². The molecule has 1 saturated heterocycles. The summed E-state index contributed by atoms with van der Waals surface area (Å²) < 4.78 is 5.19. The number of methoxy groups -OCH3 is 1. The summed E-state index contributed by atoms with van der Waals surface area (Å²) in [6.07, 6.45) is 2.67. The molecule has 0 aliphatic carbocycles. The monoisotopic (exact) mass is 346 g/mol. The average molecular weight is 346 g/mol. The van der Waals surface area contributed by atoms with Gasteiger partial charge in [-0.1, -0.05) is 12.1 Å². The van der Waals surface area contributed by atoms with Crippen LogP contribution in [0.5, 0.6) is 5.75 Å². The van der Waals surface area contributed by atoms with Crippen molar-refractivity contribution >= 4 is 22.5 Å². The zero-order valence-electron chi connectivity index (χ0n) is 13.8. The zero-order valence-corrected chi connectivity index (χ0v) is 14.6. The Hall–Kier alpha value is -2.12. The molecule has 1 aromatic heterocycles. The predicted molar refractivity (Wildman–Crippen MR) is 95.6 cm³/mol. The number of benzene rings is 1. The molecule has 0 unspecified atom stereocenters. The number of nitrogens with one attached hydrogen (secondary N) is 1. The Balaban J connectivity index is 1.51. The first-order valence-corrected chi connectivity index (χ1v) is 8.93. The topological polar surface area (TPSA) is 57.7 Å². The van der Waals surface area contributed by atoms with Crippen molar-refractivity contribution in [3.05, 3.63) is 41.4 Å². The van der Waals surface area contributed by atoms with Gasteiger partial charge in [0.25, 0.3) is 0 Å². The third-order valence-electron chi connectivity index (χ3n) is 4.09. The van der Waals surface area contributed by atoms with Crippen LogP contribution >= 0.6 is 11.3 Å². The highest BCUT2D eigenvalue weighted by Crippen LogP contribution is 2.15. The summed E-state index contributed by atoms with van der Waals surface area (Å²) in [5, 5.41) is 5.37. The first kappa shape index (κ1) is 16.7. The third-order valence-corrected chi connectivity index (χ3v) is 4.78. The number of aromatic nitrogens is 1. The lowest BCUT2D eigenvalue weighted by atomic mass is 10.2. The number of amides is 2. The van der Waals surface area contributed by atoms with Crippen molar-refractivity contribution in [1.82, 2.24) is 14.8 Å². The molecule has 24 heavy (non-hydrogen) atoms. The quantitative estimate of drug-likeness (QED) is 0.925. The fraction of sp³-hybridized carbons (Fsp3) is 0.412. The third kappa shape index (κ3) is 4.46. The molecule has 7 heteroatoms. The van der Waals surface area contributed by atoms with Crippen molar-refractivity contribution in [2.75, 3.05) is 38.6 Å². The van der Waals surface area contributed by atoms with Gasteiger partial charge in [0.15, 0.2) is 5.13 Å². The van der Waals surface area contributed by atoms with Gasteiger partial charge in [-0.3, -0.25) is 10.2 Å². The van der Waals surface area contributed by atoms with Crippen LogP contribution in [-0.4, -0.2) is 54.1 Å². The SMILES string of the molecule is COc1ccc(CN2CCCN(C(=O)Nc3nccs3)CC2)cc1. The van der Waals surface area contributed by atoms with Crippen LogP contribution in [0.1, 0.15) is 12.0 Å². The number of nitrogens with zero attached hydrogens (tertiary/aromatic N) is 3. The van der Waals surface area contributed by atoms with Crippen molar-refractivity contribution in [2.24, 2.45) is 0 Å². The molecule has 6 nitrogen and oxygen atoms in total. The van der Waals surface area contributed by atoms with Crippen LogP contribution in [0.15, 0.2) is 35.8 Å². The molecule has 0 saturated carbocycles. The molecule has 0 radical (unpaired) electrons. The summed E-state index contributed by atoms with van der Waals surface area (Å²) >= 11 is 1.44.